The Labute approximate surface area is 129 Å². The highest BCUT2D eigenvalue weighted by Crippen LogP contribution is 2.10. The summed E-state index contributed by atoms with van der Waals surface area (Å²) < 4.78 is 5.22. The van der Waals surface area contributed by atoms with Gasteiger partial charge in [0.2, 0.25) is 0 Å². The van der Waals surface area contributed by atoms with Gasteiger partial charge in [0.15, 0.2) is 5.11 Å². The lowest BCUT2D eigenvalue weighted by Crippen LogP contribution is -2.35. The smallest absolute Gasteiger partial charge is 0.166 e. The summed E-state index contributed by atoms with van der Waals surface area (Å²) in [6.07, 6.45) is 1.66. The number of thioether (sulfide) groups is 1. The van der Waals surface area contributed by atoms with E-state index in [0.29, 0.717) is 11.7 Å². The first-order valence-corrected chi connectivity index (χ1v) is 8.06. The predicted molar refractivity (Wildman–Crippen MR) is 88.8 cm³/mol. The topological polar surface area (TPSA) is 37.2 Å². The normalized spacial score (nSPS) is 10.2. The number of hydrogen-bond donors (Lipinski definition) is 2. The van der Waals surface area contributed by atoms with E-state index >= 15 is 0 Å². The van der Waals surface area contributed by atoms with Crippen LogP contribution < -0.4 is 10.6 Å². The van der Waals surface area contributed by atoms with E-state index in [-0.39, 0.29) is 0 Å². The Balaban J connectivity index is 1.51. The zero-order valence-electron chi connectivity index (χ0n) is 11.2. The van der Waals surface area contributed by atoms with Gasteiger partial charge >= 0.3 is 0 Å². The zero-order valence-corrected chi connectivity index (χ0v) is 12.8. The minimum Gasteiger partial charge on any atom is -0.467 e. The predicted octanol–water partition coefficient (Wildman–Crippen LogP) is 3.18. The minimum atomic E-state index is 0.621. The maximum Gasteiger partial charge on any atom is 0.166 e. The quantitative estimate of drug-likeness (QED) is 0.607. The highest BCUT2D eigenvalue weighted by atomic mass is 32.2. The lowest BCUT2D eigenvalue weighted by Gasteiger charge is -2.09. The first-order chi connectivity index (χ1) is 9.84. The van der Waals surface area contributed by atoms with Crippen molar-refractivity contribution in [3.05, 3.63) is 60.1 Å². The van der Waals surface area contributed by atoms with Crippen LogP contribution in [-0.2, 0) is 12.3 Å². The Bertz CT molecular complexity index is 500. The molecule has 1 aromatic carbocycles. The summed E-state index contributed by atoms with van der Waals surface area (Å²) >= 11 is 7.09. The van der Waals surface area contributed by atoms with Crippen molar-refractivity contribution in [3.8, 4) is 0 Å². The number of furan rings is 1. The highest BCUT2D eigenvalue weighted by molar-refractivity contribution is 7.98. The molecule has 2 rings (SSSR count). The van der Waals surface area contributed by atoms with Gasteiger partial charge in [-0.15, -0.1) is 0 Å². The van der Waals surface area contributed by atoms with Crippen molar-refractivity contribution in [2.24, 2.45) is 0 Å². The third-order valence-corrected chi connectivity index (χ3v) is 3.97. The average Bonchev–Trinajstić information content (AvgIpc) is 2.99. The molecule has 20 heavy (non-hydrogen) atoms. The molecule has 0 amide bonds. The second-order valence-corrected chi connectivity index (χ2v) is 5.74. The van der Waals surface area contributed by atoms with E-state index in [1.54, 1.807) is 6.26 Å². The highest BCUT2D eigenvalue weighted by Gasteiger charge is 1.98. The first kappa shape index (κ1) is 14.9. The zero-order chi connectivity index (χ0) is 14.0. The Kier molecular flexibility index (Phi) is 6.47. The molecule has 0 aliphatic carbocycles. The average molecular weight is 306 g/mol. The molecule has 1 aromatic heterocycles. The molecule has 2 N–H and O–H groups in total. The molecule has 0 spiro atoms. The van der Waals surface area contributed by atoms with E-state index in [1.165, 1.54) is 5.56 Å². The molecule has 5 heteroatoms. The summed E-state index contributed by atoms with van der Waals surface area (Å²) in [5.41, 5.74) is 1.36. The third kappa shape index (κ3) is 5.67. The van der Waals surface area contributed by atoms with Crippen molar-refractivity contribution in [2.45, 2.75) is 12.3 Å². The van der Waals surface area contributed by atoms with Crippen LogP contribution in [0.4, 0.5) is 0 Å². The summed E-state index contributed by atoms with van der Waals surface area (Å²) in [5.74, 6) is 2.94. The molecule has 0 saturated heterocycles. The van der Waals surface area contributed by atoms with E-state index in [4.69, 9.17) is 16.6 Å². The van der Waals surface area contributed by atoms with Gasteiger partial charge in [-0.1, -0.05) is 30.3 Å². The van der Waals surface area contributed by atoms with Gasteiger partial charge in [-0.25, -0.2) is 0 Å². The van der Waals surface area contributed by atoms with Crippen LogP contribution in [0.1, 0.15) is 11.3 Å². The maximum absolute atomic E-state index is 5.22. The molecule has 0 aliphatic heterocycles. The molecule has 3 nitrogen and oxygen atoms in total. The molecular weight excluding hydrogens is 288 g/mol. The number of nitrogens with one attached hydrogen (secondary N) is 2. The van der Waals surface area contributed by atoms with Crippen LogP contribution in [0.3, 0.4) is 0 Å². The fourth-order valence-electron chi connectivity index (χ4n) is 1.64. The summed E-state index contributed by atoms with van der Waals surface area (Å²) in [4.78, 5) is 0. The Morgan fingerprint density at radius 2 is 1.95 bits per heavy atom. The maximum atomic E-state index is 5.22. The third-order valence-electron chi connectivity index (χ3n) is 2.65. The van der Waals surface area contributed by atoms with Crippen molar-refractivity contribution in [2.75, 3.05) is 12.3 Å². The molecule has 1 heterocycles. The van der Waals surface area contributed by atoms with Crippen LogP contribution in [-0.4, -0.2) is 17.4 Å². The molecule has 0 unspecified atom stereocenters. The van der Waals surface area contributed by atoms with E-state index in [1.807, 2.05) is 30.0 Å². The van der Waals surface area contributed by atoms with Crippen LogP contribution in [0, 0.1) is 0 Å². The van der Waals surface area contributed by atoms with Gasteiger partial charge in [-0.3, -0.25) is 0 Å². The summed E-state index contributed by atoms with van der Waals surface area (Å²) in [7, 11) is 0. The van der Waals surface area contributed by atoms with Gasteiger partial charge in [0.05, 0.1) is 12.8 Å². The van der Waals surface area contributed by atoms with Gasteiger partial charge in [0.25, 0.3) is 0 Å². The lowest BCUT2D eigenvalue weighted by molar-refractivity contribution is 0.502. The second-order valence-electron chi connectivity index (χ2n) is 4.23. The Morgan fingerprint density at radius 3 is 2.70 bits per heavy atom. The number of hydrogen-bond acceptors (Lipinski definition) is 3. The van der Waals surface area contributed by atoms with Crippen molar-refractivity contribution in [1.29, 1.82) is 0 Å². The standard InChI is InChI=1S/C15H18N2OS2/c19-15(17-11-14-7-4-9-18-14)16-8-10-20-12-13-5-2-1-3-6-13/h1-7,9H,8,10-12H2,(H2,16,17,19). The van der Waals surface area contributed by atoms with Crippen LogP contribution in [0.25, 0.3) is 0 Å². The van der Waals surface area contributed by atoms with Crippen LogP contribution in [0.2, 0.25) is 0 Å². The number of benzene rings is 1. The van der Waals surface area contributed by atoms with E-state index in [2.05, 4.69) is 34.9 Å². The van der Waals surface area contributed by atoms with E-state index < -0.39 is 0 Å². The second kappa shape index (κ2) is 8.66. The summed E-state index contributed by atoms with van der Waals surface area (Å²) in [6, 6.07) is 14.3. The molecule has 0 aliphatic rings. The van der Waals surface area contributed by atoms with Gasteiger partial charge in [-0.05, 0) is 29.9 Å². The number of thiocarbonyl (C=S) groups is 1. The van der Waals surface area contributed by atoms with E-state index in [0.717, 1.165) is 23.8 Å². The molecule has 0 saturated carbocycles. The van der Waals surface area contributed by atoms with Crippen LogP contribution in [0.15, 0.2) is 53.1 Å². The van der Waals surface area contributed by atoms with Crippen LogP contribution in [0.5, 0.6) is 0 Å². The molecule has 0 bridgehead atoms. The molecule has 0 fully saturated rings. The lowest BCUT2D eigenvalue weighted by atomic mass is 10.2. The van der Waals surface area contributed by atoms with Gasteiger partial charge in [0.1, 0.15) is 5.76 Å². The molecule has 0 radical (unpaired) electrons. The molecular formula is C15H18N2OS2. The minimum absolute atomic E-state index is 0.621. The monoisotopic (exact) mass is 306 g/mol. The van der Waals surface area contributed by atoms with Gasteiger partial charge in [0, 0.05) is 18.1 Å². The van der Waals surface area contributed by atoms with Crippen molar-refractivity contribution in [3.63, 3.8) is 0 Å². The van der Waals surface area contributed by atoms with Crippen molar-refractivity contribution in [1.82, 2.24) is 10.6 Å². The first-order valence-electron chi connectivity index (χ1n) is 6.50. The molecule has 106 valence electrons. The summed E-state index contributed by atoms with van der Waals surface area (Å²) in [6.45, 7) is 1.48. The molecule has 0 atom stereocenters. The summed E-state index contributed by atoms with van der Waals surface area (Å²) in [5, 5.41) is 6.97. The van der Waals surface area contributed by atoms with Crippen molar-refractivity contribution < 1.29 is 4.42 Å². The van der Waals surface area contributed by atoms with Gasteiger partial charge in [-0.2, -0.15) is 11.8 Å². The largest absolute Gasteiger partial charge is 0.467 e. The fraction of sp³-hybridized carbons (Fsp3) is 0.267. The molecule has 2 aromatic rings. The van der Waals surface area contributed by atoms with E-state index in [9.17, 15) is 0 Å². The fourth-order valence-corrected chi connectivity index (χ4v) is 2.64. The SMILES string of the molecule is S=C(NCCSCc1ccccc1)NCc1ccco1. The Morgan fingerprint density at radius 1 is 1.10 bits per heavy atom. The van der Waals surface area contributed by atoms with Crippen molar-refractivity contribution >= 4 is 29.1 Å². The van der Waals surface area contributed by atoms with Gasteiger partial charge < -0.3 is 15.1 Å². The Hall–Kier alpha value is -1.46. The van der Waals surface area contributed by atoms with Crippen LogP contribution >= 0.6 is 24.0 Å². The number of rotatable bonds is 7.